The molecule has 0 aliphatic heterocycles. The number of carbonyl (C=O) groups is 2. The standard InChI is InChI=1S/C24H29N5O3/c1-5-32-21-12-8-19(9-13-21)23(30)28-22(16(2)3)24(31)27-17(4)18-6-10-20(11-7-18)29-15-25-14-26-29/h6-17,22H,5H2,1-4H3,(H,27,31)(H,28,30)/t17?,22-/m0/s1. The van der Waals surface area contributed by atoms with E-state index < -0.39 is 6.04 Å². The van der Waals surface area contributed by atoms with Crippen molar-refractivity contribution < 1.29 is 14.3 Å². The van der Waals surface area contributed by atoms with E-state index in [0.29, 0.717) is 17.9 Å². The maximum Gasteiger partial charge on any atom is 0.251 e. The highest BCUT2D eigenvalue weighted by atomic mass is 16.5. The van der Waals surface area contributed by atoms with Gasteiger partial charge in [0.2, 0.25) is 5.91 Å². The van der Waals surface area contributed by atoms with Gasteiger partial charge in [-0.3, -0.25) is 9.59 Å². The van der Waals surface area contributed by atoms with Crippen molar-refractivity contribution in [2.75, 3.05) is 6.61 Å². The summed E-state index contributed by atoms with van der Waals surface area (Å²) in [4.78, 5) is 29.6. The van der Waals surface area contributed by atoms with Gasteiger partial charge < -0.3 is 15.4 Å². The summed E-state index contributed by atoms with van der Waals surface area (Å²) in [6.45, 7) is 8.18. The van der Waals surface area contributed by atoms with Crippen molar-refractivity contribution in [3.05, 3.63) is 72.3 Å². The lowest BCUT2D eigenvalue weighted by Crippen LogP contribution is -2.50. The van der Waals surface area contributed by atoms with Gasteiger partial charge in [0.25, 0.3) is 5.91 Å². The molecule has 1 aromatic heterocycles. The number of aromatic nitrogens is 3. The minimum Gasteiger partial charge on any atom is -0.494 e. The van der Waals surface area contributed by atoms with E-state index in [2.05, 4.69) is 20.7 Å². The fourth-order valence-corrected chi connectivity index (χ4v) is 3.27. The lowest BCUT2D eigenvalue weighted by molar-refractivity contribution is -0.124. The smallest absolute Gasteiger partial charge is 0.251 e. The van der Waals surface area contributed by atoms with Crippen LogP contribution < -0.4 is 15.4 Å². The summed E-state index contributed by atoms with van der Waals surface area (Å²) in [6.07, 6.45) is 3.10. The molecule has 8 heteroatoms. The zero-order chi connectivity index (χ0) is 23.1. The van der Waals surface area contributed by atoms with E-state index in [4.69, 9.17) is 4.74 Å². The molecule has 8 nitrogen and oxygen atoms in total. The molecule has 2 N–H and O–H groups in total. The number of rotatable bonds is 9. The lowest BCUT2D eigenvalue weighted by Gasteiger charge is -2.24. The van der Waals surface area contributed by atoms with E-state index in [1.807, 2.05) is 52.0 Å². The average molecular weight is 436 g/mol. The van der Waals surface area contributed by atoms with E-state index in [1.54, 1.807) is 35.3 Å². The first-order chi connectivity index (χ1) is 15.4. The first kappa shape index (κ1) is 23.0. The van der Waals surface area contributed by atoms with Crippen molar-refractivity contribution in [2.24, 2.45) is 5.92 Å². The third-order valence-corrected chi connectivity index (χ3v) is 5.10. The van der Waals surface area contributed by atoms with Gasteiger partial charge in [-0.1, -0.05) is 26.0 Å². The second kappa shape index (κ2) is 10.6. The van der Waals surface area contributed by atoms with E-state index >= 15 is 0 Å². The van der Waals surface area contributed by atoms with Gasteiger partial charge in [-0.25, -0.2) is 9.67 Å². The van der Waals surface area contributed by atoms with Crippen molar-refractivity contribution in [2.45, 2.75) is 39.8 Å². The number of nitrogens with one attached hydrogen (secondary N) is 2. The molecular formula is C24H29N5O3. The van der Waals surface area contributed by atoms with Crippen molar-refractivity contribution in [1.82, 2.24) is 25.4 Å². The molecule has 1 unspecified atom stereocenters. The highest BCUT2D eigenvalue weighted by molar-refractivity contribution is 5.97. The van der Waals surface area contributed by atoms with Crippen molar-refractivity contribution in [1.29, 1.82) is 0 Å². The third-order valence-electron chi connectivity index (χ3n) is 5.10. The molecule has 2 aromatic carbocycles. The maximum absolute atomic E-state index is 13.0. The minimum atomic E-state index is -0.661. The van der Waals surface area contributed by atoms with Gasteiger partial charge in [-0.15, -0.1) is 0 Å². The molecule has 3 rings (SSSR count). The number of ether oxygens (including phenoxy) is 1. The molecule has 2 amide bonds. The van der Waals surface area contributed by atoms with Gasteiger partial charge in [-0.05, 0) is 61.7 Å². The quantitative estimate of drug-likeness (QED) is 0.537. The summed E-state index contributed by atoms with van der Waals surface area (Å²) in [5.74, 6) is 0.0910. The summed E-state index contributed by atoms with van der Waals surface area (Å²) in [7, 11) is 0. The van der Waals surface area contributed by atoms with E-state index in [-0.39, 0.29) is 23.8 Å². The molecule has 0 radical (unpaired) electrons. The largest absolute Gasteiger partial charge is 0.494 e. The number of hydrogen-bond acceptors (Lipinski definition) is 5. The Labute approximate surface area is 188 Å². The molecule has 168 valence electrons. The number of benzene rings is 2. The van der Waals surface area contributed by atoms with Crippen molar-refractivity contribution >= 4 is 11.8 Å². The Bertz CT molecular complexity index is 1010. The van der Waals surface area contributed by atoms with Gasteiger partial charge in [0.05, 0.1) is 18.3 Å². The number of nitrogens with zero attached hydrogens (tertiary/aromatic N) is 3. The van der Waals surface area contributed by atoms with Crippen LogP contribution in [0.4, 0.5) is 0 Å². The van der Waals surface area contributed by atoms with Gasteiger partial charge in [-0.2, -0.15) is 5.10 Å². The average Bonchev–Trinajstić information content (AvgIpc) is 3.33. The topological polar surface area (TPSA) is 98.1 Å². The van der Waals surface area contributed by atoms with Crippen LogP contribution in [0.15, 0.2) is 61.2 Å². The Morgan fingerprint density at radius 3 is 2.25 bits per heavy atom. The van der Waals surface area contributed by atoms with Gasteiger partial charge >= 0.3 is 0 Å². The zero-order valence-corrected chi connectivity index (χ0v) is 18.8. The minimum absolute atomic E-state index is 0.0801. The van der Waals surface area contributed by atoms with Crippen LogP contribution in [-0.2, 0) is 4.79 Å². The van der Waals surface area contributed by atoms with Gasteiger partial charge in [0, 0.05) is 5.56 Å². The molecule has 0 saturated carbocycles. The van der Waals surface area contributed by atoms with E-state index in [9.17, 15) is 9.59 Å². The van der Waals surface area contributed by atoms with Crippen LogP contribution in [0.3, 0.4) is 0 Å². The summed E-state index contributed by atoms with van der Waals surface area (Å²) in [5.41, 5.74) is 2.30. The van der Waals surface area contributed by atoms with Gasteiger partial charge in [0.1, 0.15) is 24.4 Å². The monoisotopic (exact) mass is 435 g/mol. The number of carbonyl (C=O) groups excluding carboxylic acids is 2. The van der Waals surface area contributed by atoms with Crippen LogP contribution in [0.2, 0.25) is 0 Å². The maximum atomic E-state index is 13.0. The first-order valence-corrected chi connectivity index (χ1v) is 10.7. The predicted molar refractivity (Wildman–Crippen MR) is 122 cm³/mol. The van der Waals surface area contributed by atoms with Crippen molar-refractivity contribution in [3.63, 3.8) is 0 Å². The van der Waals surface area contributed by atoms with Crippen molar-refractivity contribution in [3.8, 4) is 11.4 Å². The molecule has 32 heavy (non-hydrogen) atoms. The fraction of sp³-hybridized carbons (Fsp3) is 0.333. The predicted octanol–water partition coefficient (Wildman–Crippen LogP) is 3.30. The molecular weight excluding hydrogens is 406 g/mol. The normalized spacial score (nSPS) is 12.8. The summed E-state index contributed by atoms with van der Waals surface area (Å²) < 4.78 is 7.07. The Morgan fingerprint density at radius 2 is 1.69 bits per heavy atom. The van der Waals surface area contributed by atoms with Crippen LogP contribution in [0, 0.1) is 5.92 Å². The Morgan fingerprint density at radius 1 is 1.00 bits per heavy atom. The molecule has 1 heterocycles. The van der Waals surface area contributed by atoms with E-state index in [1.165, 1.54) is 6.33 Å². The molecule has 0 saturated heterocycles. The van der Waals surface area contributed by atoms with E-state index in [0.717, 1.165) is 11.3 Å². The highest BCUT2D eigenvalue weighted by Crippen LogP contribution is 2.17. The third kappa shape index (κ3) is 5.72. The molecule has 2 atom stereocenters. The fourth-order valence-electron chi connectivity index (χ4n) is 3.27. The Balaban J connectivity index is 1.63. The van der Waals surface area contributed by atoms with Crippen LogP contribution >= 0.6 is 0 Å². The van der Waals surface area contributed by atoms with Crippen LogP contribution in [0.25, 0.3) is 5.69 Å². The highest BCUT2D eigenvalue weighted by Gasteiger charge is 2.26. The van der Waals surface area contributed by atoms with Gasteiger partial charge in [0.15, 0.2) is 0 Å². The van der Waals surface area contributed by atoms with Crippen LogP contribution in [-0.4, -0.2) is 39.2 Å². The molecule has 0 bridgehead atoms. The summed E-state index contributed by atoms with van der Waals surface area (Å²) in [6, 6.07) is 13.7. The summed E-state index contributed by atoms with van der Waals surface area (Å²) >= 11 is 0. The van der Waals surface area contributed by atoms with Crippen LogP contribution in [0.5, 0.6) is 5.75 Å². The Kier molecular flexibility index (Phi) is 7.59. The number of amides is 2. The molecule has 0 aliphatic carbocycles. The van der Waals surface area contributed by atoms with Crippen LogP contribution in [0.1, 0.15) is 49.7 Å². The molecule has 0 fully saturated rings. The number of hydrogen-bond donors (Lipinski definition) is 2. The first-order valence-electron chi connectivity index (χ1n) is 10.7. The second-order valence-corrected chi connectivity index (χ2v) is 7.81. The molecule has 0 aliphatic rings. The summed E-state index contributed by atoms with van der Waals surface area (Å²) in [5, 5.41) is 9.97. The SMILES string of the molecule is CCOc1ccc(C(=O)N[C@H](C(=O)NC(C)c2ccc(-n3cncn3)cc2)C(C)C)cc1. The molecule has 0 spiro atoms. The lowest BCUT2D eigenvalue weighted by atomic mass is 10.0. The Hall–Kier alpha value is -3.68. The second-order valence-electron chi connectivity index (χ2n) is 7.81. The zero-order valence-electron chi connectivity index (χ0n) is 18.8. The molecule has 3 aromatic rings.